The van der Waals surface area contributed by atoms with Gasteiger partial charge in [0.25, 0.3) is 0 Å². The largest absolute Gasteiger partial charge is 0.497 e. The van der Waals surface area contributed by atoms with Gasteiger partial charge in [0.15, 0.2) is 0 Å². The van der Waals surface area contributed by atoms with Gasteiger partial charge >= 0.3 is 6.09 Å². The summed E-state index contributed by atoms with van der Waals surface area (Å²) in [6.45, 7) is 0.856. The van der Waals surface area contributed by atoms with Crippen molar-refractivity contribution in [1.82, 2.24) is 19.7 Å². The van der Waals surface area contributed by atoms with Crippen LogP contribution in [0.2, 0.25) is 0 Å². The average Bonchev–Trinajstić information content (AvgIpc) is 3.03. The first kappa shape index (κ1) is 14.5. The van der Waals surface area contributed by atoms with Crippen LogP contribution in [0.5, 0.6) is 5.75 Å². The summed E-state index contributed by atoms with van der Waals surface area (Å²) in [5, 5.41) is 14.8. The number of carboxylic acid groups (broad SMARTS) is 1. The number of rotatable bonds is 2. The fourth-order valence-electron chi connectivity index (χ4n) is 3.04. The summed E-state index contributed by atoms with van der Waals surface area (Å²) in [5.41, 5.74) is 3.64. The molecular weight excluding hydrogens is 308 g/mol. The van der Waals surface area contributed by atoms with E-state index in [0.29, 0.717) is 19.5 Å². The zero-order chi connectivity index (χ0) is 16.7. The summed E-state index contributed by atoms with van der Waals surface area (Å²) in [5.74, 6) is 0.754. The Hall–Kier alpha value is -3.09. The standard InChI is InChI=1S/C17H16N4O3/c1-24-12-2-3-13-15(8-12)18-6-4-16(13)21-10-11-9-20(17(22)23)7-5-14(11)19-21/h2-4,6,8,10H,5,7,9H2,1H3,(H,22,23). The number of methoxy groups -OCH3 is 1. The van der Waals surface area contributed by atoms with Crippen LogP contribution >= 0.6 is 0 Å². The second kappa shape index (κ2) is 5.52. The predicted molar refractivity (Wildman–Crippen MR) is 87.6 cm³/mol. The number of nitrogens with zero attached hydrogens (tertiary/aromatic N) is 4. The first-order valence-electron chi connectivity index (χ1n) is 7.64. The van der Waals surface area contributed by atoms with Crippen molar-refractivity contribution in [2.75, 3.05) is 13.7 Å². The number of hydrogen-bond donors (Lipinski definition) is 1. The summed E-state index contributed by atoms with van der Waals surface area (Å²) in [6.07, 6.45) is 3.38. The number of amides is 1. The Labute approximate surface area is 138 Å². The molecule has 1 amide bonds. The SMILES string of the molecule is COc1ccc2c(-n3cc4c(n3)CCN(C(=O)O)C4)ccnc2c1. The molecule has 0 atom stereocenters. The summed E-state index contributed by atoms with van der Waals surface area (Å²) < 4.78 is 7.06. The number of pyridine rings is 1. The number of hydrogen-bond acceptors (Lipinski definition) is 4. The highest BCUT2D eigenvalue weighted by atomic mass is 16.5. The molecule has 4 rings (SSSR count). The van der Waals surface area contributed by atoms with Crippen molar-refractivity contribution >= 4 is 17.0 Å². The molecule has 1 N–H and O–H groups in total. The normalized spacial score (nSPS) is 13.8. The zero-order valence-corrected chi connectivity index (χ0v) is 13.1. The third-order valence-corrected chi connectivity index (χ3v) is 4.30. The molecule has 1 aliphatic rings. The molecule has 0 bridgehead atoms. The van der Waals surface area contributed by atoms with E-state index >= 15 is 0 Å². The van der Waals surface area contributed by atoms with Gasteiger partial charge in [0.1, 0.15) is 5.75 Å². The van der Waals surface area contributed by atoms with E-state index < -0.39 is 6.09 Å². The van der Waals surface area contributed by atoms with Crippen LogP contribution < -0.4 is 4.74 Å². The molecule has 7 heteroatoms. The Morgan fingerprint density at radius 1 is 1.33 bits per heavy atom. The Bertz CT molecular complexity index is 935. The van der Waals surface area contributed by atoms with Crippen LogP contribution in [-0.4, -0.2) is 44.5 Å². The van der Waals surface area contributed by atoms with Crippen LogP contribution in [0.15, 0.2) is 36.7 Å². The lowest BCUT2D eigenvalue weighted by molar-refractivity contribution is 0.140. The summed E-state index contributed by atoms with van der Waals surface area (Å²) in [7, 11) is 1.63. The highest BCUT2D eigenvalue weighted by Crippen LogP contribution is 2.26. The molecule has 0 unspecified atom stereocenters. The molecule has 24 heavy (non-hydrogen) atoms. The van der Waals surface area contributed by atoms with Gasteiger partial charge < -0.3 is 14.7 Å². The maximum Gasteiger partial charge on any atom is 0.407 e. The molecule has 0 spiro atoms. The quantitative estimate of drug-likeness (QED) is 0.783. The summed E-state index contributed by atoms with van der Waals surface area (Å²) in [6, 6.07) is 7.64. The van der Waals surface area contributed by atoms with Crippen molar-refractivity contribution in [1.29, 1.82) is 0 Å². The molecule has 3 aromatic rings. The molecule has 0 saturated heterocycles. The second-order valence-electron chi connectivity index (χ2n) is 5.71. The van der Waals surface area contributed by atoms with Gasteiger partial charge in [-0.3, -0.25) is 4.98 Å². The molecule has 0 saturated carbocycles. The lowest BCUT2D eigenvalue weighted by atomic mass is 10.1. The Morgan fingerprint density at radius 3 is 3.00 bits per heavy atom. The van der Waals surface area contributed by atoms with Gasteiger partial charge in [0, 0.05) is 42.4 Å². The fraction of sp³-hybridized carbons (Fsp3) is 0.235. The van der Waals surface area contributed by atoms with Crippen molar-refractivity contribution in [3.63, 3.8) is 0 Å². The number of fused-ring (bicyclic) bond motifs is 2. The van der Waals surface area contributed by atoms with E-state index in [2.05, 4.69) is 10.1 Å². The molecule has 7 nitrogen and oxygen atoms in total. The molecule has 3 heterocycles. The Kier molecular flexibility index (Phi) is 3.34. The van der Waals surface area contributed by atoms with Crippen LogP contribution in [0.4, 0.5) is 4.79 Å². The van der Waals surface area contributed by atoms with E-state index in [1.807, 2.05) is 35.1 Å². The second-order valence-corrected chi connectivity index (χ2v) is 5.71. The zero-order valence-electron chi connectivity index (χ0n) is 13.1. The maximum atomic E-state index is 11.2. The van der Waals surface area contributed by atoms with Gasteiger partial charge in [-0.1, -0.05) is 0 Å². The van der Waals surface area contributed by atoms with Gasteiger partial charge in [-0.15, -0.1) is 0 Å². The van der Waals surface area contributed by atoms with Crippen molar-refractivity contribution in [3.05, 3.63) is 47.9 Å². The van der Waals surface area contributed by atoms with Gasteiger partial charge in [0.05, 0.1) is 30.6 Å². The van der Waals surface area contributed by atoms with Gasteiger partial charge in [0.2, 0.25) is 0 Å². The average molecular weight is 324 g/mol. The number of benzene rings is 1. The summed E-state index contributed by atoms with van der Waals surface area (Å²) >= 11 is 0. The molecule has 0 aliphatic carbocycles. The van der Waals surface area contributed by atoms with Crippen LogP contribution in [0.25, 0.3) is 16.6 Å². The van der Waals surface area contributed by atoms with E-state index in [1.165, 1.54) is 4.90 Å². The molecule has 122 valence electrons. The lowest BCUT2D eigenvalue weighted by Crippen LogP contribution is -2.34. The topological polar surface area (TPSA) is 80.5 Å². The van der Waals surface area contributed by atoms with Crippen molar-refractivity contribution in [2.24, 2.45) is 0 Å². The molecule has 0 fully saturated rings. The van der Waals surface area contributed by atoms with Crippen LogP contribution in [0.1, 0.15) is 11.3 Å². The lowest BCUT2D eigenvalue weighted by Gasteiger charge is -2.22. The Balaban J connectivity index is 1.78. The molecule has 1 aliphatic heterocycles. The van der Waals surface area contributed by atoms with E-state index in [4.69, 9.17) is 9.84 Å². The first-order valence-corrected chi connectivity index (χ1v) is 7.64. The van der Waals surface area contributed by atoms with E-state index in [9.17, 15) is 4.79 Å². The Morgan fingerprint density at radius 2 is 2.21 bits per heavy atom. The molecule has 2 aromatic heterocycles. The van der Waals surface area contributed by atoms with Crippen molar-refractivity contribution in [3.8, 4) is 11.4 Å². The maximum absolute atomic E-state index is 11.2. The van der Waals surface area contributed by atoms with Crippen molar-refractivity contribution in [2.45, 2.75) is 13.0 Å². The van der Waals surface area contributed by atoms with E-state index in [1.54, 1.807) is 13.3 Å². The smallest absolute Gasteiger partial charge is 0.407 e. The minimum Gasteiger partial charge on any atom is -0.497 e. The van der Waals surface area contributed by atoms with Crippen LogP contribution in [0, 0.1) is 0 Å². The van der Waals surface area contributed by atoms with E-state index in [0.717, 1.165) is 33.6 Å². The fourth-order valence-corrected chi connectivity index (χ4v) is 3.04. The predicted octanol–water partition coefficient (Wildman–Crippen LogP) is 2.47. The molecule has 1 aromatic carbocycles. The number of carbonyl (C=O) groups is 1. The van der Waals surface area contributed by atoms with Gasteiger partial charge in [-0.2, -0.15) is 5.10 Å². The van der Waals surface area contributed by atoms with Crippen LogP contribution in [-0.2, 0) is 13.0 Å². The minimum atomic E-state index is -0.894. The van der Waals surface area contributed by atoms with Gasteiger partial charge in [-0.25, -0.2) is 9.48 Å². The monoisotopic (exact) mass is 324 g/mol. The van der Waals surface area contributed by atoms with Gasteiger partial charge in [-0.05, 0) is 18.2 Å². The first-order chi connectivity index (χ1) is 11.7. The number of aromatic nitrogens is 3. The number of ether oxygens (including phenoxy) is 1. The van der Waals surface area contributed by atoms with E-state index in [-0.39, 0.29) is 0 Å². The van der Waals surface area contributed by atoms with Crippen molar-refractivity contribution < 1.29 is 14.6 Å². The third-order valence-electron chi connectivity index (χ3n) is 4.30. The minimum absolute atomic E-state index is 0.376. The third kappa shape index (κ3) is 2.34. The van der Waals surface area contributed by atoms with Crippen LogP contribution in [0.3, 0.4) is 0 Å². The highest BCUT2D eigenvalue weighted by Gasteiger charge is 2.23. The molecular formula is C17H16N4O3. The molecule has 0 radical (unpaired) electrons. The highest BCUT2D eigenvalue weighted by molar-refractivity contribution is 5.87. The summed E-state index contributed by atoms with van der Waals surface area (Å²) in [4.78, 5) is 16.9.